The summed E-state index contributed by atoms with van der Waals surface area (Å²) in [6, 6.07) is 13.9. The Morgan fingerprint density at radius 2 is 1.93 bits per heavy atom. The van der Waals surface area contributed by atoms with Gasteiger partial charge in [0.05, 0.1) is 17.4 Å². The highest BCUT2D eigenvalue weighted by Crippen LogP contribution is 2.48. The van der Waals surface area contributed by atoms with Crippen molar-refractivity contribution < 1.29 is 14.7 Å². The number of amides is 1. The van der Waals surface area contributed by atoms with E-state index in [1.54, 1.807) is 23.1 Å². The van der Waals surface area contributed by atoms with Gasteiger partial charge in [-0.3, -0.25) is 14.5 Å². The molecular formula is C24H26N2O3. The van der Waals surface area contributed by atoms with Crippen molar-refractivity contribution in [3.05, 3.63) is 65.4 Å². The normalized spacial score (nSPS) is 20.4. The van der Waals surface area contributed by atoms with E-state index in [1.165, 1.54) is 0 Å². The maximum atomic E-state index is 13.4. The molecule has 2 aliphatic rings. The third kappa shape index (κ3) is 3.41. The van der Waals surface area contributed by atoms with Crippen LogP contribution in [-0.4, -0.2) is 16.8 Å². The molecule has 0 bridgehead atoms. The summed E-state index contributed by atoms with van der Waals surface area (Å²) in [5.41, 5.74) is 3.60. The van der Waals surface area contributed by atoms with Crippen molar-refractivity contribution in [2.75, 3.05) is 10.2 Å². The number of anilines is 2. The zero-order valence-electron chi connectivity index (χ0n) is 17.0. The van der Waals surface area contributed by atoms with Gasteiger partial charge in [0, 0.05) is 24.1 Å². The molecule has 0 aromatic heterocycles. The van der Waals surface area contributed by atoms with Crippen LogP contribution in [0.2, 0.25) is 0 Å². The lowest BCUT2D eigenvalue weighted by Gasteiger charge is -2.37. The van der Waals surface area contributed by atoms with Crippen LogP contribution in [0.3, 0.4) is 0 Å². The van der Waals surface area contributed by atoms with Gasteiger partial charge in [-0.2, -0.15) is 0 Å². The molecule has 1 aliphatic carbocycles. The van der Waals surface area contributed by atoms with Crippen molar-refractivity contribution in [3.8, 4) is 5.75 Å². The molecule has 5 nitrogen and oxygen atoms in total. The standard InChI is InChI=1S/C24H26N2O3/c1-4-21(29)26-19-11-6-5-10-17(19)25-18-13-24(2,3)14-20(28)22(18)23(26)15-8-7-9-16(27)12-15/h5-12,23,25,27H,4,13-14H2,1-3H3. The molecule has 1 heterocycles. The Morgan fingerprint density at radius 3 is 2.66 bits per heavy atom. The summed E-state index contributed by atoms with van der Waals surface area (Å²) in [7, 11) is 0. The van der Waals surface area contributed by atoms with E-state index in [0.29, 0.717) is 24.8 Å². The van der Waals surface area contributed by atoms with Crippen LogP contribution < -0.4 is 10.2 Å². The summed E-state index contributed by atoms with van der Waals surface area (Å²) < 4.78 is 0. The van der Waals surface area contributed by atoms with Crippen molar-refractivity contribution in [2.45, 2.75) is 46.1 Å². The second-order valence-electron chi connectivity index (χ2n) is 8.59. The van der Waals surface area contributed by atoms with E-state index in [1.807, 2.05) is 37.3 Å². The Balaban J connectivity index is 2.02. The van der Waals surface area contributed by atoms with Crippen LogP contribution in [0.15, 0.2) is 59.8 Å². The van der Waals surface area contributed by atoms with Gasteiger partial charge in [0.15, 0.2) is 5.78 Å². The lowest BCUT2D eigenvalue weighted by atomic mass is 9.73. The number of ketones is 1. The minimum absolute atomic E-state index is 0.0406. The number of phenolic OH excluding ortho intramolecular Hbond substituents is 1. The van der Waals surface area contributed by atoms with Gasteiger partial charge in [0.2, 0.25) is 5.91 Å². The van der Waals surface area contributed by atoms with E-state index in [9.17, 15) is 14.7 Å². The van der Waals surface area contributed by atoms with Crippen LogP contribution in [0.25, 0.3) is 0 Å². The van der Waals surface area contributed by atoms with Crippen molar-refractivity contribution in [3.63, 3.8) is 0 Å². The minimum Gasteiger partial charge on any atom is -0.508 e. The molecule has 0 radical (unpaired) electrons. The second kappa shape index (κ2) is 7.07. The first kappa shape index (κ1) is 19.2. The number of aromatic hydroxyl groups is 1. The average Bonchev–Trinajstić information content (AvgIpc) is 2.80. The number of hydrogen-bond acceptors (Lipinski definition) is 4. The fraction of sp³-hybridized carbons (Fsp3) is 0.333. The van der Waals surface area contributed by atoms with Crippen LogP contribution >= 0.6 is 0 Å². The van der Waals surface area contributed by atoms with E-state index in [2.05, 4.69) is 19.2 Å². The molecule has 4 rings (SSSR count). The first-order valence-corrected chi connectivity index (χ1v) is 10.0. The summed E-state index contributed by atoms with van der Waals surface area (Å²) in [4.78, 5) is 28.3. The molecule has 0 saturated heterocycles. The molecular weight excluding hydrogens is 364 g/mol. The Kier molecular flexibility index (Phi) is 4.69. The minimum atomic E-state index is -0.579. The van der Waals surface area contributed by atoms with Crippen LogP contribution in [0, 0.1) is 5.41 Å². The summed E-state index contributed by atoms with van der Waals surface area (Å²) in [5.74, 6) is 0.0837. The van der Waals surface area contributed by atoms with E-state index in [4.69, 9.17) is 0 Å². The molecule has 0 fully saturated rings. The fourth-order valence-corrected chi connectivity index (χ4v) is 4.44. The van der Waals surface area contributed by atoms with Crippen molar-refractivity contribution in [1.29, 1.82) is 0 Å². The van der Waals surface area contributed by atoms with Gasteiger partial charge in [-0.25, -0.2) is 0 Å². The molecule has 5 heteroatoms. The van der Waals surface area contributed by atoms with E-state index in [0.717, 1.165) is 22.6 Å². The van der Waals surface area contributed by atoms with Crippen molar-refractivity contribution >= 4 is 23.1 Å². The number of carbonyl (C=O) groups is 2. The van der Waals surface area contributed by atoms with Gasteiger partial charge in [-0.05, 0) is 41.7 Å². The van der Waals surface area contributed by atoms with Gasteiger partial charge >= 0.3 is 0 Å². The van der Waals surface area contributed by atoms with Gasteiger partial charge < -0.3 is 10.4 Å². The smallest absolute Gasteiger partial charge is 0.227 e. The lowest BCUT2D eigenvalue weighted by molar-refractivity contribution is -0.119. The summed E-state index contributed by atoms with van der Waals surface area (Å²) >= 11 is 0. The number of nitrogens with zero attached hydrogens (tertiary/aromatic N) is 1. The molecule has 2 N–H and O–H groups in total. The number of allylic oxidation sites excluding steroid dienone is 1. The molecule has 2 aromatic carbocycles. The number of hydrogen-bond donors (Lipinski definition) is 2. The topological polar surface area (TPSA) is 69.6 Å². The molecule has 29 heavy (non-hydrogen) atoms. The molecule has 2 aromatic rings. The second-order valence-corrected chi connectivity index (χ2v) is 8.59. The molecule has 0 spiro atoms. The van der Waals surface area contributed by atoms with Crippen LogP contribution in [0.5, 0.6) is 5.75 Å². The van der Waals surface area contributed by atoms with Crippen LogP contribution in [0.4, 0.5) is 11.4 Å². The number of para-hydroxylation sites is 2. The maximum Gasteiger partial charge on any atom is 0.227 e. The largest absolute Gasteiger partial charge is 0.508 e. The quantitative estimate of drug-likeness (QED) is 0.762. The highest BCUT2D eigenvalue weighted by molar-refractivity contribution is 6.06. The lowest BCUT2D eigenvalue weighted by Crippen LogP contribution is -2.39. The van der Waals surface area contributed by atoms with E-state index >= 15 is 0 Å². The van der Waals surface area contributed by atoms with Crippen molar-refractivity contribution in [2.24, 2.45) is 5.41 Å². The van der Waals surface area contributed by atoms with Gasteiger partial charge in [0.25, 0.3) is 0 Å². The first-order chi connectivity index (χ1) is 13.8. The summed E-state index contributed by atoms with van der Waals surface area (Å²) in [6.07, 6.45) is 1.45. The van der Waals surface area contributed by atoms with Gasteiger partial charge in [-0.15, -0.1) is 0 Å². The van der Waals surface area contributed by atoms with E-state index in [-0.39, 0.29) is 22.9 Å². The predicted molar refractivity (Wildman–Crippen MR) is 114 cm³/mol. The number of rotatable bonds is 2. The first-order valence-electron chi connectivity index (χ1n) is 10.0. The number of nitrogens with one attached hydrogen (secondary N) is 1. The molecule has 1 aliphatic heterocycles. The summed E-state index contributed by atoms with van der Waals surface area (Å²) in [6.45, 7) is 6.00. The molecule has 0 saturated carbocycles. The molecule has 1 unspecified atom stereocenters. The Morgan fingerprint density at radius 1 is 1.17 bits per heavy atom. The Bertz CT molecular complexity index is 1020. The number of fused-ring (bicyclic) bond motifs is 1. The molecule has 150 valence electrons. The van der Waals surface area contributed by atoms with Crippen molar-refractivity contribution in [1.82, 2.24) is 0 Å². The Labute approximate surface area is 171 Å². The molecule has 1 amide bonds. The fourth-order valence-electron chi connectivity index (χ4n) is 4.44. The number of phenols is 1. The monoisotopic (exact) mass is 390 g/mol. The third-order valence-corrected chi connectivity index (χ3v) is 5.66. The summed E-state index contributed by atoms with van der Waals surface area (Å²) in [5, 5.41) is 13.6. The molecule has 1 atom stereocenters. The maximum absolute atomic E-state index is 13.4. The van der Waals surface area contributed by atoms with Crippen LogP contribution in [0.1, 0.15) is 51.6 Å². The Hall–Kier alpha value is -3.08. The highest BCUT2D eigenvalue weighted by atomic mass is 16.3. The third-order valence-electron chi connectivity index (χ3n) is 5.66. The number of carbonyl (C=O) groups excluding carboxylic acids is 2. The zero-order chi connectivity index (χ0) is 20.8. The van der Waals surface area contributed by atoms with E-state index < -0.39 is 6.04 Å². The van der Waals surface area contributed by atoms with Crippen LogP contribution in [-0.2, 0) is 9.59 Å². The predicted octanol–water partition coefficient (Wildman–Crippen LogP) is 4.95. The van der Waals surface area contributed by atoms with Gasteiger partial charge in [-0.1, -0.05) is 45.0 Å². The number of benzene rings is 2. The number of Topliss-reactive ketones (excluding diaryl/α,β-unsaturated/α-hetero) is 1. The highest BCUT2D eigenvalue weighted by Gasteiger charge is 2.42. The SMILES string of the molecule is CCC(=O)N1c2ccccc2NC2=C(C(=O)CC(C)(C)C2)C1c1cccc(O)c1. The average molecular weight is 390 g/mol. The zero-order valence-corrected chi connectivity index (χ0v) is 17.0. The van der Waals surface area contributed by atoms with Gasteiger partial charge in [0.1, 0.15) is 5.75 Å².